The minimum atomic E-state index is -0.269. The number of aromatic nitrogens is 2. The Morgan fingerprint density at radius 2 is 1.56 bits per heavy atom. The summed E-state index contributed by atoms with van der Waals surface area (Å²) in [5.74, 6) is -0.512. The number of rotatable bonds is 7. The number of hydrogen-bond donors (Lipinski definition) is 2. The van der Waals surface area contributed by atoms with Gasteiger partial charge in [0.2, 0.25) is 0 Å². The molecule has 2 N–H and O–H groups in total. The number of anilines is 1. The monoisotopic (exact) mass is 452 g/mol. The molecule has 172 valence electrons. The number of carbonyl (C=O) groups is 2. The third-order valence-electron chi connectivity index (χ3n) is 5.72. The van der Waals surface area contributed by atoms with E-state index in [9.17, 15) is 9.59 Å². The Labute approximate surface area is 199 Å². The SMILES string of the molecule is Cc1cc(C)n(Cc2ccc(C(=O)Nc3ccccc3C(=O)N[C@@H](C)c3ccccc3)cc2)n1. The molecule has 2 amide bonds. The van der Waals surface area contributed by atoms with Crippen LogP contribution in [0.4, 0.5) is 5.69 Å². The van der Waals surface area contributed by atoms with E-state index in [1.54, 1.807) is 36.4 Å². The molecule has 1 heterocycles. The largest absolute Gasteiger partial charge is 0.345 e. The standard InChI is InChI=1S/C28H28N4O2/c1-19-17-20(2)32(31-19)18-22-13-15-24(16-14-22)27(33)30-26-12-8-7-11-25(26)28(34)29-21(3)23-9-5-4-6-10-23/h4-17,21H,18H2,1-3H3,(H,29,34)(H,30,33)/t21-/m0/s1. The number of carbonyl (C=O) groups excluding carboxylic acids is 2. The molecule has 0 aliphatic heterocycles. The molecule has 1 aromatic heterocycles. The first-order chi connectivity index (χ1) is 16.4. The van der Waals surface area contributed by atoms with E-state index in [2.05, 4.69) is 15.7 Å². The maximum absolute atomic E-state index is 12.9. The molecule has 4 rings (SSSR count). The van der Waals surface area contributed by atoms with Gasteiger partial charge in [0.15, 0.2) is 0 Å². The maximum atomic E-state index is 12.9. The van der Waals surface area contributed by atoms with Crippen LogP contribution in [0.5, 0.6) is 0 Å². The second-order valence-corrected chi connectivity index (χ2v) is 8.39. The predicted molar refractivity (Wildman–Crippen MR) is 134 cm³/mol. The molecule has 1 atom stereocenters. The van der Waals surface area contributed by atoms with Crippen LogP contribution in [0.15, 0.2) is 84.9 Å². The van der Waals surface area contributed by atoms with Gasteiger partial charge in [-0.25, -0.2) is 0 Å². The zero-order chi connectivity index (χ0) is 24.1. The molecule has 0 aliphatic carbocycles. The lowest BCUT2D eigenvalue weighted by Crippen LogP contribution is -2.28. The highest BCUT2D eigenvalue weighted by atomic mass is 16.2. The van der Waals surface area contributed by atoms with Gasteiger partial charge < -0.3 is 10.6 Å². The zero-order valence-corrected chi connectivity index (χ0v) is 19.6. The van der Waals surface area contributed by atoms with Crippen LogP contribution in [0.3, 0.4) is 0 Å². The van der Waals surface area contributed by atoms with Gasteiger partial charge in [0.1, 0.15) is 0 Å². The third-order valence-corrected chi connectivity index (χ3v) is 5.72. The van der Waals surface area contributed by atoms with Crippen molar-refractivity contribution in [3.05, 3.63) is 119 Å². The molecule has 6 heteroatoms. The number of nitrogens with one attached hydrogen (secondary N) is 2. The van der Waals surface area contributed by atoms with Crippen molar-refractivity contribution in [2.24, 2.45) is 0 Å². The summed E-state index contributed by atoms with van der Waals surface area (Å²) < 4.78 is 1.94. The summed E-state index contributed by atoms with van der Waals surface area (Å²) in [4.78, 5) is 25.8. The maximum Gasteiger partial charge on any atom is 0.255 e. The molecule has 4 aromatic rings. The highest BCUT2D eigenvalue weighted by molar-refractivity contribution is 6.09. The summed E-state index contributed by atoms with van der Waals surface area (Å²) in [7, 11) is 0. The number of amides is 2. The molecule has 3 aromatic carbocycles. The van der Waals surface area contributed by atoms with Crippen molar-refractivity contribution in [2.45, 2.75) is 33.4 Å². The number of aryl methyl sites for hydroxylation is 2. The Hall–Kier alpha value is -4.19. The highest BCUT2D eigenvalue weighted by Crippen LogP contribution is 2.19. The van der Waals surface area contributed by atoms with Gasteiger partial charge in [-0.15, -0.1) is 0 Å². The summed E-state index contributed by atoms with van der Waals surface area (Å²) in [6.07, 6.45) is 0. The fraction of sp³-hybridized carbons (Fsp3) is 0.179. The van der Waals surface area contributed by atoms with Gasteiger partial charge >= 0.3 is 0 Å². The van der Waals surface area contributed by atoms with Crippen LogP contribution in [0.2, 0.25) is 0 Å². The van der Waals surface area contributed by atoms with Crippen molar-refractivity contribution in [1.29, 1.82) is 0 Å². The molecule has 0 spiro atoms. The van der Waals surface area contributed by atoms with Crippen LogP contribution in [-0.2, 0) is 6.54 Å². The summed E-state index contributed by atoms with van der Waals surface area (Å²) in [5, 5.41) is 10.4. The summed E-state index contributed by atoms with van der Waals surface area (Å²) in [6.45, 7) is 6.57. The van der Waals surface area contributed by atoms with Crippen molar-refractivity contribution in [3.63, 3.8) is 0 Å². The Morgan fingerprint density at radius 1 is 0.882 bits per heavy atom. The zero-order valence-electron chi connectivity index (χ0n) is 19.6. The van der Waals surface area contributed by atoms with E-state index in [0.717, 1.165) is 22.5 Å². The van der Waals surface area contributed by atoms with Gasteiger partial charge in [0.25, 0.3) is 11.8 Å². The van der Waals surface area contributed by atoms with Gasteiger partial charge in [-0.05, 0) is 62.2 Å². The summed E-state index contributed by atoms with van der Waals surface area (Å²) in [6, 6.07) is 26.1. The quantitative estimate of drug-likeness (QED) is 0.400. The number of benzene rings is 3. The van der Waals surface area contributed by atoms with E-state index in [1.165, 1.54) is 0 Å². The number of nitrogens with zero attached hydrogens (tertiary/aromatic N) is 2. The lowest BCUT2D eigenvalue weighted by atomic mass is 10.1. The Balaban J connectivity index is 1.44. The molecule has 0 fully saturated rings. The molecule has 0 bridgehead atoms. The first-order valence-electron chi connectivity index (χ1n) is 11.3. The fourth-order valence-corrected chi connectivity index (χ4v) is 3.85. The molecule has 34 heavy (non-hydrogen) atoms. The lowest BCUT2D eigenvalue weighted by Gasteiger charge is -2.16. The first-order valence-corrected chi connectivity index (χ1v) is 11.3. The molecule has 0 radical (unpaired) electrons. The van der Waals surface area contributed by atoms with Crippen molar-refractivity contribution in [1.82, 2.24) is 15.1 Å². The Kier molecular flexibility index (Phi) is 6.87. The van der Waals surface area contributed by atoms with Crippen LogP contribution in [0.25, 0.3) is 0 Å². The Bertz CT molecular complexity index is 1290. The summed E-state index contributed by atoms with van der Waals surface area (Å²) >= 11 is 0. The number of para-hydroxylation sites is 1. The average molecular weight is 453 g/mol. The fourth-order valence-electron chi connectivity index (χ4n) is 3.85. The molecular formula is C28H28N4O2. The van der Waals surface area contributed by atoms with E-state index in [4.69, 9.17) is 0 Å². The highest BCUT2D eigenvalue weighted by Gasteiger charge is 2.16. The second-order valence-electron chi connectivity index (χ2n) is 8.39. The molecule has 6 nitrogen and oxygen atoms in total. The van der Waals surface area contributed by atoms with E-state index in [0.29, 0.717) is 23.4 Å². The van der Waals surface area contributed by atoms with Gasteiger partial charge in [0, 0.05) is 11.3 Å². The normalized spacial score (nSPS) is 11.6. The predicted octanol–water partition coefficient (Wildman–Crippen LogP) is 5.29. The van der Waals surface area contributed by atoms with E-state index >= 15 is 0 Å². The van der Waals surface area contributed by atoms with Crippen molar-refractivity contribution >= 4 is 17.5 Å². The van der Waals surface area contributed by atoms with Crippen molar-refractivity contribution in [2.75, 3.05) is 5.32 Å². The third kappa shape index (κ3) is 5.41. The minimum absolute atomic E-state index is 0.160. The smallest absolute Gasteiger partial charge is 0.255 e. The first kappa shape index (κ1) is 23.0. The van der Waals surface area contributed by atoms with Gasteiger partial charge in [-0.2, -0.15) is 5.10 Å². The molecule has 0 saturated carbocycles. The van der Waals surface area contributed by atoms with Crippen molar-refractivity contribution < 1.29 is 9.59 Å². The van der Waals surface area contributed by atoms with Crippen LogP contribution >= 0.6 is 0 Å². The molecule has 0 unspecified atom stereocenters. The van der Waals surface area contributed by atoms with Crippen LogP contribution in [0.1, 0.15) is 56.2 Å². The molecule has 0 aliphatic rings. The average Bonchev–Trinajstić information content (AvgIpc) is 3.16. The minimum Gasteiger partial charge on any atom is -0.345 e. The molecule has 0 saturated heterocycles. The topological polar surface area (TPSA) is 76.0 Å². The summed E-state index contributed by atoms with van der Waals surface area (Å²) in [5.41, 5.74) is 5.54. The molecular weight excluding hydrogens is 424 g/mol. The van der Waals surface area contributed by atoms with Crippen molar-refractivity contribution in [3.8, 4) is 0 Å². The van der Waals surface area contributed by atoms with Crippen LogP contribution in [-0.4, -0.2) is 21.6 Å². The van der Waals surface area contributed by atoms with Crippen LogP contribution < -0.4 is 10.6 Å². The lowest BCUT2D eigenvalue weighted by molar-refractivity contribution is 0.0940. The van der Waals surface area contributed by atoms with Gasteiger partial charge in [-0.3, -0.25) is 14.3 Å². The van der Waals surface area contributed by atoms with E-state index in [1.807, 2.05) is 74.0 Å². The Morgan fingerprint density at radius 3 is 2.24 bits per heavy atom. The van der Waals surface area contributed by atoms with Gasteiger partial charge in [0.05, 0.1) is 29.5 Å². The second kappa shape index (κ2) is 10.2. The van der Waals surface area contributed by atoms with Crippen LogP contribution in [0, 0.1) is 13.8 Å². The van der Waals surface area contributed by atoms with E-state index < -0.39 is 0 Å². The van der Waals surface area contributed by atoms with E-state index in [-0.39, 0.29) is 17.9 Å². The van der Waals surface area contributed by atoms with Gasteiger partial charge in [-0.1, -0.05) is 54.6 Å². The number of hydrogen-bond acceptors (Lipinski definition) is 3.